The van der Waals surface area contributed by atoms with Crippen LogP contribution in [0.15, 0.2) is 176 Å². The summed E-state index contributed by atoms with van der Waals surface area (Å²) in [5.41, 5.74) is 14.4. The standard InChI is InChI=1S/C45H26N2O2S/c1-2-12-33-31(11-1)32-26-27(21-22-34(32)45(33)35-13-3-9-19-41(35)50-42-20-10-4-14-36(42)45)28-23-29(43-46-37-15-5-7-17-39(37)48-43)25-30(24-28)44-47-38-16-6-8-18-40(38)49-44/h1-26H. The number of rotatable bonds is 3. The van der Waals surface area contributed by atoms with Gasteiger partial charge in [-0.1, -0.05) is 109 Å². The highest BCUT2D eigenvalue weighted by molar-refractivity contribution is 7.99. The molecule has 3 heterocycles. The molecule has 0 bridgehead atoms. The number of hydrogen-bond donors (Lipinski definition) is 0. The van der Waals surface area contributed by atoms with E-state index in [1.807, 2.05) is 60.3 Å². The summed E-state index contributed by atoms with van der Waals surface area (Å²) >= 11 is 1.86. The number of hydrogen-bond acceptors (Lipinski definition) is 5. The third kappa shape index (κ3) is 3.89. The Bertz CT molecular complexity index is 2620. The van der Waals surface area contributed by atoms with Crippen molar-refractivity contribution in [2.75, 3.05) is 0 Å². The van der Waals surface area contributed by atoms with E-state index in [2.05, 4.69) is 109 Å². The van der Waals surface area contributed by atoms with Crippen molar-refractivity contribution in [1.82, 2.24) is 9.97 Å². The molecular weight excluding hydrogens is 633 g/mol. The Morgan fingerprint density at radius 3 is 1.52 bits per heavy atom. The highest BCUT2D eigenvalue weighted by atomic mass is 32.2. The van der Waals surface area contributed by atoms with Crippen LogP contribution in [0.25, 0.3) is 67.4 Å². The topological polar surface area (TPSA) is 52.1 Å². The van der Waals surface area contributed by atoms with Gasteiger partial charge in [-0.3, -0.25) is 0 Å². The Kier molecular flexibility index (Phi) is 5.78. The second-order valence-electron chi connectivity index (χ2n) is 12.9. The molecule has 9 aromatic rings. The molecule has 0 atom stereocenters. The minimum Gasteiger partial charge on any atom is -0.436 e. The first-order valence-electron chi connectivity index (χ1n) is 16.7. The fourth-order valence-corrected chi connectivity index (χ4v) is 9.26. The molecule has 7 aromatic carbocycles. The molecule has 1 spiro atoms. The van der Waals surface area contributed by atoms with Gasteiger partial charge in [0, 0.05) is 20.9 Å². The lowest BCUT2D eigenvalue weighted by molar-refractivity contribution is 0.617. The lowest BCUT2D eigenvalue weighted by atomic mass is 9.67. The first-order valence-corrected chi connectivity index (χ1v) is 17.5. The van der Waals surface area contributed by atoms with E-state index in [1.165, 1.54) is 43.2 Å². The minimum absolute atomic E-state index is 0.410. The molecule has 0 amide bonds. The SMILES string of the molecule is c1ccc2c(c1)Sc1ccccc1C21c2ccccc2-c2cc(-c3cc(-c4nc5ccccc5o4)cc(-c4nc5ccccc5o4)c3)ccc21. The number of fused-ring (bicyclic) bond motifs is 11. The summed E-state index contributed by atoms with van der Waals surface area (Å²) in [6, 6.07) is 55.8. The van der Waals surface area contributed by atoms with Crippen molar-refractivity contribution < 1.29 is 8.83 Å². The highest BCUT2D eigenvalue weighted by Gasteiger charge is 2.50. The van der Waals surface area contributed by atoms with Crippen LogP contribution < -0.4 is 0 Å². The van der Waals surface area contributed by atoms with Gasteiger partial charge in [0.15, 0.2) is 11.2 Å². The normalized spacial score (nSPS) is 13.7. The van der Waals surface area contributed by atoms with Gasteiger partial charge < -0.3 is 8.83 Å². The molecule has 234 valence electrons. The van der Waals surface area contributed by atoms with Gasteiger partial charge in [-0.05, 0) is 105 Å². The molecule has 50 heavy (non-hydrogen) atoms. The largest absolute Gasteiger partial charge is 0.436 e. The Labute approximate surface area is 292 Å². The van der Waals surface area contributed by atoms with Crippen molar-refractivity contribution >= 4 is 34.0 Å². The molecule has 0 unspecified atom stereocenters. The second kappa shape index (κ2) is 10.4. The smallest absolute Gasteiger partial charge is 0.227 e. The summed E-state index contributed by atoms with van der Waals surface area (Å²) in [6.45, 7) is 0. The van der Waals surface area contributed by atoms with Crippen LogP contribution in [0.2, 0.25) is 0 Å². The molecule has 1 aliphatic carbocycles. The molecule has 0 fully saturated rings. The van der Waals surface area contributed by atoms with Crippen molar-refractivity contribution in [2.24, 2.45) is 0 Å². The van der Waals surface area contributed by atoms with Gasteiger partial charge in [0.25, 0.3) is 0 Å². The van der Waals surface area contributed by atoms with Crippen molar-refractivity contribution in [3.8, 4) is 45.2 Å². The zero-order valence-corrected chi connectivity index (χ0v) is 27.4. The van der Waals surface area contributed by atoms with Crippen LogP contribution >= 0.6 is 11.8 Å². The van der Waals surface area contributed by atoms with E-state index in [1.54, 1.807) is 0 Å². The summed E-state index contributed by atoms with van der Waals surface area (Å²) in [4.78, 5) is 12.3. The van der Waals surface area contributed by atoms with E-state index in [0.717, 1.165) is 44.5 Å². The molecular formula is C45H26N2O2S. The van der Waals surface area contributed by atoms with Crippen molar-refractivity contribution in [3.63, 3.8) is 0 Å². The lowest BCUT2D eigenvalue weighted by Gasteiger charge is -2.39. The number of aromatic nitrogens is 2. The van der Waals surface area contributed by atoms with Gasteiger partial charge in [-0.25, -0.2) is 9.97 Å². The summed E-state index contributed by atoms with van der Waals surface area (Å²) in [5.74, 6) is 1.12. The highest BCUT2D eigenvalue weighted by Crippen LogP contribution is 2.62. The quantitative estimate of drug-likeness (QED) is 0.189. The van der Waals surface area contributed by atoms with Gasteiger partial charge in [0.1, 0.15) is 11.0 Å². The maximum Gasteiger partial charge on any atom is 0.227 e. The van der Waals surface area contributed by atoms with Crippen LogP contribution in [0.5, 0.6) is 0 Å². The Morgan fingerprint density at radius 2 is 0.900 bits per heavy atom. The molecule has 5 heteroatoms. The van der Waals surface area contributed by atoms with Crippen molar-refractivity contribution in [3.05, 3.63) is 180 Å². The Hall–Kier alpha value is -6.17. The van der Waals surface area contributed by atoms with Gasteiger partial charge in [0.2, 0.25) is 11.8 Å². The average Bonchev–Trinajstić information content (AvgIpc) is 3.89. The van der Waals surface area contributed by atoms with E-state index < -0.39 is 5.41 Å². The summed E-state index contributed by atoms with van der Waals surface area (Å²) < 4.78 is 12.6. The van der Waals surface area contributed by atoms with Gasteiger partial charge >= 0.3 is 0 Å². The molecule has 11 rings (SSSR count). The van der Waals surface area contributed by atoms with Crippen LogP contribution in [-0.2, 0) is 5.41 Å². The lowest BCUT2D eigenvalue weighted by Crippen LogP contribution is -2.31. The molecule has 0 saturated carbocycles. The van der Waals surface area contributed by atoms with Crippen LogP contribution in [0.1, 0.15) is 22.3 Å². The fraction of sp³-hybridized carbons (Fsp3) is 0.0222. The zero-order valence-electron chi connectivity index (χ0n) is 26.6. The number of para-hydroxylation sites is 4. The maximum atomic E-state index is 6.29. The summed E-state index contributed by atoms with van der Waals surface area (Å²) in [6.07, 6.45) is 0. The van der Waals surface area contributed by atoms with Crippen molar-refractivity contribution in [2.45, 2.75) is 15.2 Å². The van der Waals surface area contributed by atoms with Crippen molar-refractivity contribution in [1.29, 1.82) is 0 Å². The number of oxazole rings is 2. The van der Waals surface area contributed by atoms with Crippen LogP contribution in [0.4, 0.5) is 0 Å². The first kappa shape index (κ1) is 27.7. The van der Waals surface area contributed by atoms with Crippen LogP contribution in [-0.4, -0.2) is 9.97 Å². The van der Waals surface area contributed by atoms with E-state index in [0.29, 0.717) is 11.8 Å². The molecule has 2 aliphatic rings. The predicted molar refractivity (Wildman–Crippen MR) is 199 cm³/mol. The van der Waals surface area contributed by atoms with Gasteiger partial charge in [0.05, 0.1) is 5.41 Å². The zero-order chi connectivity index (χ0) is 32.8. The third-order valence-electron chi connectivity index (χ3n) is 10.2. The average molecular weight is 659 g/mol. The monoisotopic (exact) mass is 658 g/mol. The predicted octanol–water partition coefficient (Wildman–Crippen LogP) is 11.8. The molecule has 0 N–H and O–H groups in total. The second-order valence-corrected chi connectivity index (χ2v) is 14.0. The number of nitrogens with zero attached hydrogens (tertiary/aromatic N) is 2. The van der Waals surface area contributed by atoms with E-state index in [9.17, 15) is 0 Å². The third-order valence-corrected chi connectivity index (χ3v) is 11.3. The summed E-state index contributed by atoms with van der Waals surface area (Å²) in [5, 5.41) is 0. The molecule has 0 radical (unpaired) electrons. The fourth-order valence-electron chi connectivity index (χ4n) is 8.07. The molecule has 0 saturated heterocycles. The number of benzene rings is 7. The first-order chi connectivity index (χ1) is 24.7. The van der Waals surface area contributed by atoms with E-state index in [-0.39, 0.29) is 0 Å². The molecule has 1 aliphatic heterocycles. The van der Waals surface area contributed by atoms with E-state index in [4.69, 9.17) is 18.8 Å². The molecule has 4 nitrogen and oxygen atoms in total. The van der Waals surface area contributed by atoms with Gasteiger partial charge in [-0.2, -0.15) is 0 Å². The molecule has 2 aromatic heterocycles. The Balaban J connectivity index is 1.15. The van der Waals surface area contributed by atoms with Crippen LogP contribution in [0.3, 0.4) is 0 Å². The summed E-state index contributed by atoms with van der Waals surface area (Å²) in [7, 11) is 0. The van der Waals surface area contributed by atoms with Crippen LogP contribution in [0, 0.1) is 0 Å². The minimum atomic E-state index is -0.410. The van der Waals surface area contributed by atoms with Gasteiger partial charge in [-0.15, -0.1) is 0 Å². The van der Waals surface area contributed by atoms with E-state index >= 15 is 0 Å². The maximum absolute atomic E-state index is 6.29. The Morgan fingerprint density at radius 1 is 0.400 bits per heavy atom.